The number of likely N-dealkylation sites (tertiary alicyclic amines) is 1. The molecule has 2 amide bonds. The van der Waals surface area contributed by atoms with Crippen molar-refractivity contribution in [2.24, 2.45) is 5.92 Å². The van der Waals surface area contributed by atoms with E-state index in [2.05, 4.69) is 15.2 Å². The van der Waals surface area contributed by atoms with Crippen LogP contribution in [0.5, 0.6) is 0 Å². The Kier molecular flexibility index (Phi) is 6.83. The smallest absolute Gasteiger partial charge is 0.378 e. The minimum atomic E-state index is -4.44. The summed E-state index contributed by atoms with van der Waals surface area (Å²) < 4.78 is 43.5. The van der Waals surface area contributed by atoms with Gasteiger partial charge in [-0.1, -0.05) is 0 Å². The molecule has 0 aliphatic carbocycles. The van der Waals surface area contributed by atoms with Gasteiger partial charge in [-0.15, -0.1) is 0 Å². The Labute approximate surface area is 189 Å². The normalized spacial score (nSPS) is 17.7. The van der Waals surface area contributed by atoms with E-state index in [9.17, 15) is 22.8 Å². The summed E-state index contributed by atoms with van der Waals surface area (Å²) in [6.07, 6.45) is -1.84. The summed E-state index contributed by atoms with van der Waals surface area (Å²) in [5.41, 5.74) is 0.0273. The molecular formula is C23H25F3N4O3. The van der Waals surface area contributed by atoms with Gasteiger partial charge in [-0.05, 0) is 49.2 Å². The summed E-state index contributed by atoms with van der Waals surface area (Å²) in [5.74, 6) is 0.134. The molecule has 2 saturated heterocycles. The van der Waals surface area contributed by atoms with Gasteiger partial charge in [0.25, 0.3) is 5.91 Å². The molecule has 0 saturated carbocycles. The number of nitrogens with one attached hydrogen (secondary N) is 1. The van der Waals surface area contributed by atoms with E-state index in [4.69, 9.17) is 4.74 Å². The maximum absolute atomic E-state index is 12.7. The number of aromatic nitrogens is 1. The number of rotatable bonds is 4. The van der Waals surface area contributed by atoms with Crippen LogP contribution in [0.15, 0.2) is 42.6 Å². The number of piperidine rings is 1. The minimum Gasteiger partial charge on any atom is -0.378 e. The van der Waals surface area contributed by atoms with Crippen LogP contribution in [-0.4, -0.2) is 61.1 Å². The highest BCUT2D eigenvalue weighted by atomic mass is 19.4. The van der Waals surface area contributed by atoms with Crippen LogP contribution in [0.2, 0.25) is 0 Å². The fourth-order valence-corrected chi connectivity index (χ4v) is 4.01. The molecule has 7 nitrogen and oxygen atoms in total. The number of nitrogens with zero attached hydrogens (tertiary/aromatic N) is 3. The monoisotopic (exact) mass is 462 g/mol. The first-order chi connectivity index (χ1) is 15.8. The summed E-state index contributed by atoms with van der Waals surface area (Å²) in [6.45, 7) is 3.63. The van der Waals surface area contributed by atoms with E-state index in [1.54, 1.807) is 11.1 Å². The summed E-state index contributed by atoms with van der Waals surface area (Å²) in [7, 11) is 0. The number of alkyl halides is 3. The van der Waals surface area contributed by atoms with Crippen molar-refractivity contribution in [1.82, 2.24) is 9.88 Å². The molecule has 2 fully saturated rings. The van der Waals surface area contributed by atoms with E-state index >= 15 is 0 Å². The van der Waals surface area contributed by atoms with Crippen molar-refractivity contribution in [1.29, 1.82) is 0 Å². The van der Waals surface area contributed by atoms with Crippen LogP contribution in [-0.2, 0) is 15.7 Å². The van der Waals surface area contributed by atoms with E-state index in [0.717, 1.165) is 31.0 Å². The molecule has 0 atom stereocenters. The number of ether oxygens (including phenoxy) is 1. The van der Waals surface area contributed by atoms with E-state index in [1.165, 1.54) is 12.1 Å². The van der Waals surface area contributed by atoms with Crippen LogP contribution in [0.25, 0.3) is 0 Å². The second-order valence-corrected chi connectivity index (χ2v) is 8.14. The van der Waals surface area contributed by atoms with Crippen molar-refractivity contribution in [3.8, 4) is 0 Å². The zero-order valence-corrected chi connectivity index (χ0v) is 18.0. The van der Waals surface area contributed by atoms with Gasteiger partial charge in [0.05, 0.1) is 30.7 Å². The highest BCUT2D eigenvalue weighted by molar-refractivity contribution is 5.95. The molecule has 1 aromatic carbocycles. The van der Waals surface area contributed by atoms with E-state index in [0.29, 0.717) is 44.8 Å². The van der Waals surface area contributed by atoms with E-state index in [-0.39, 0.29) is 23.3 Å². The first kappa shape index (κ1) is 23.0. The Hall–Kier alpha value is -3.14. The van der Waals surface area contributed by atoms with Gasteiger partial charge < -0.3 is 19.9 Å². The molecule has 33 heavy (non-hydrogen) atoms. The van der Waals surface area contributed by atoms with Crippen LogP contribution >= 0.6 is 0 Å². The van der Waals surface area contributed by atoms with Crippen molar-refractivity contribution < 1.29 is 27.5 Å². The molecule has 2 aliphatic rings. The second-order valence-electron chi connectivity index (χ2n) is 8.14. The number of anilines is 2. The summed E-state index contributed by atoms with van der Waals surface area (Å²) in [5, 5.41) is 2.88. The molecule has 2 aromatic rings. The molecule has 0 unspecified atom stereocenters. The molecule has 1 N–H and O–H groups in total. The molecule has 2 aliphatic heterocycles. The van der Waals surface area contributed by atoms with Crippen LogP contribution < -0.4 is 10.2 Å². The van der Waals surface area contributed by atoms with Gasteiger partial charge in [0.15, 0.2) is 0 Å². The highest BCUT2D eigenvalue weighted by Gasteiger charge is 2.31. The molecule has 176 valence electrons. The van der Waals surface area contributed by atoms with Gasteiger partial charge in [0.1, 0.15) is 5.82 Å². The lowest BCUT2D eigenvalue weighted by Crippen LogP contribution is -2.41. The Bertz CT molecular complexity index is 966. The number of amides is 2. The Morgan fingerprint density at radius 1 is 0.970 bits per heavy atom. The number of carbonyl (C=O) groups excluding carboxylic acids is 2. The molecule has 10 heteroatoms. The minimum absolute atomic E-state index is 0.127. The third-order valence-electron chi connectivity index (χ3n) is 5.96. The van der Waals surface area contributed by atoms with E-state index in [1.807, 2.05) is 12.1 Å². The second kappa shape index (κ2) is 9.78. The molecule has 3 heterocycles. The van der Waals surface area contributed by atoms with E-state index < -0.39 is 11.7 Å². The maximum Gasteiger partial charge on any atom is 0.416 e. The lowest BCUT2D eigenvalue weighted by molar-refractivity contribution is -0.137. The SMILES string of the molecule is O=C(Nc1ccc(N2CCOCC2)nc1)C1CCN(C(=O)c2ccc(C(F)(F)F)cc2)CC1. The Morgan fingerprint density at radius 3 is 2.21 bits per heavy atom. The zero-order chi connectivity index (χ0) is 23.4. The van der Waals surface area contributed by atoms with Crippen molar-refractivity contribution in [2.75, 3.05) is 49.6 Å². The number of benzene rings is 1. The summed E-state index contributed by atoms with van der Waals surface area (Å²) in [6, 6.07) is 7.89. The van der Waals surface area contributed by atoms with Gasteiger partial charge in [-0.25, -0.2) is 4.98 Å². The number of carbonyl (C=O) groups is 2. The Balaban J connectivity index is 1.27. The lowest BCUT2D eigenvalue weighted by Gasteiger charge is -2.31. The largest absolute Gasteiger partial charge is 0.416 e. The van der Waals surface area contributed by atoms with Crippen LogP contribution in [0.4, 0.5) is 24.7 Å². The van der Waals surface area contributed by atoms with Crippen LogP contribution in [0.3, 0.4) is 0 Å². The number of pyridine rings is 1. The predicted octanol–water partition coefficient (Wildman–Crippen LogP) is 3.43. The fraction of sp³-hybridized carbons (Fsp3) is 0.435. The van der Waals surface area contributed by atoms with Gasteiger partial charge in [-0.3, -0.25) is 9.59 Å². The first-order valence-corrected chi connectivity index (χ1v) is 10.9. The predicted molar refractivity (Wildman–Crippen MR) is 116 cm³/mol. The van der Waals surface area contributed by atoms with Gasteiger partial charge in [0, 0.05) is 37.7 Å². The van der Waals surface area contributed by atoms with Crippen molar-refractivity contribution in [2.45, 2.75) is 19.0 Å². The Morgan fingerprint density at radius 2 is 1.64 bits per heavy atom. The lowest BCUT2D eigenvalue weighted by atomic mass is 9.95. The quantitative estimate of drug-likeness (QED) is 0.754. The van der Waals surface area contributed by atoms with Crippen molar-refractivity contribution in [3.63, 3.8) is 0 Å². The molecule has 1 aromatic heterocycles. The molecular weight excluding hydrogens is 437 g/mol. The number of hydrogen-bond donors (Lipinski definition) is 1. The zero-order valence-electron chi connectivity index (χ0n) is 18.0. The number of morpholine rings is 1. The third kappa shape index (κ3) is 5.62. The van der Waals surface area contributed by atoms with Crippen molar-refractivity contribution in [3.05, 3.63) is 53.7 Å². The number of hydrogen-bond acceptors (Lipinski definition) is 5. The highest BCUT2D eigenvalue weighted by Crippen LogP contribution is 2.29. The molecule has 4 rings (SSSR count). The van der Waals surface area contributed by atoms with Crippen molar-refractivity contribution >= 4 is 23.3 Å². The first-order valence-electron chi connectivity index (χ1n) is 10.9. The van der Waals surface area contributed by atoms with Gasteiger partial charge >= 0.3 is 6.18 Å². The fourth-order valence-electron chi connectivity index (χ4n) is 4.01. The number of halogens is 3. The average molecular weight is 462 g/mol. The third-order valence-corrected chi connectivity index (χ3v) is 5.96. The topological polar surface area (TPSA) is 74.8 Å². The molecule has 0 bridgehead atoms. The van der Waals surface area contributed by atoms with Crippen LogP contribution in [0, 0.1) is 5.92 Å². The molecule has 0 spiro atoms. The molecule has 0 radical (unpaired) electrons. The standard InChI is InChI=1S/C23H25F3N4O3/c24-23(25,26)18-3-1-17(2-4-18)22(32)30-9-7-16(8-10-30)21(31)28-19-5-6-20(27-15-19)29-11-13-33-14-12-29/h1-6,15-16H,7-14H2,(H,28,31). The van der Waals surface area contributed by atoms with Crippen LogP contribution in [0.1, 0.15) is 28.8 Å². The van der Waals surface area contributed by atoms with Gasteiger partial charge in [0.2, 0.25) is 5.91 Å². The summed E-state index contributed by atoms with van der Waals surface area (Å²) in [4.78, 5) is 33.4. The van der Waals surface area contributed by atoms with Gasteiger partial charge in [-0.2, -0.15) is 13.2 Å². The maximum atomic E-state index is 12.7. The summed E-state index contributed by atoms with van der Waals surface area (Å²) >= 11 is 0. The average Bonchev–Trinajstić information content (AvgIpc) is 2.84.